The number of hydrogen-bond donors (Lipinski definition) is 3. The van der Waals surface area contributed by atoms with E-state index in [9.17, 15) is 20.2 Å². The molecular weight excluding hydrogens is 244 g/mol. The van der Waals surface area contributed by atoms with Crippen LogP contribution in [0.3, 0.4) is 0 Å². The number of rotatable bonds is 5. The second-order valence-electron chi connectivity index (χ2n) is 3.67. The van der Waals surface area contributed by atoms with Crippen molar-refractivity contribution in [2.45, 2.75) is 13.0 Å². The summed E-state index contributed by atoms with van der Waals surface area (Å²) in [5.74, 6) is 0. The molecule has 0 heterocycles. The summed E-state index contributed by atoms with van der Waals surface area (Å²) in [4.78, 5) is 19.9. The van der Waals surface area contributed by atoms with Crippen LogP contribution >= 0.6 is 0 Å². The van der Waals surface area contributed by atoms with Crippen LogP contribution in [-0.4, -0.2) is 27.6 Å². The molecule has 9 nitrogen and oxygen atoms in total. The summed E-state index contributed by atoms with van der Waals surface area (Å²) in [6.45, 7) is 1.56. The zero-order chi connectivity index (χ0) is 13.9. The van der Waals surface area contributed by atoms with Crippen molar-refractivity contribution < 1.29 is 15.0 Å². The fourth-order valence-corrected chi connectivity index (χ4v) is 1.30. The van der Waals surface area contributed by atoms with Gasteiger partial charge >= 0.3 is 0 Å². The molecule has 4 N–H and O–H groups in total. The van der Waals surface area contributed by atoms with Gasteiger partial charge in [0.25, 0.3) is 11.4 Å². The number of nitrogens with zero attached hydrogens (tertiary/aromatic N) is 2. The van der Waals surface area contributed by atoms with Crippen molar-refractivity contribution in [2.24, 2.45) is 0 Å². The molecular formula is C9H12N4O5. The van der Waals surface area contributed by atoms with Gasteiger partial charge in [-0.15, -0.1) is 0 Å². The van der Waals surface area contributed by atoms with Gasteiger partial charge in [-0.3, -0.25) is 20.2 Å². The summed E-state index contributed by atoms with van der Waals surface area (Å²) in [7, 11) is 0. The van der Waals surface area contributed by atoms with Crippen LogP contribution in [0.5, 0.6) is 0 Å². The average Bonchev–Trinajstić information content (AvgIpc) is 2.25. The molecule has 98 valence electrons. The fourth-order valence-electron chi connectivity index (χ4n) is 1.30. The minimum atomic E-state index is -0.791. The van der Waals surface area contributed by atoms with Crippen molar-refractivity contribution in [1.29, 1.82) is 0 Å². The molecule has 0 spiro atoms. The molecule has 0 aliphatic heterocycles. The summed E-state index contributed by atoms with van der Waals surface area (Å²) in [6, 6.07) is 1.90. The molecule has 1 atom stereocenters. The normalized spacial score (nSPS) is 11.9. The van der Waals surface area contributed by atoms with Gasteiger partial charge in [0.1, 0.15) is 11.4 Å². The van der Waals surface area contributed by atoms with E-state index in [2.05, 4.69) is 5.32 Å². The Morgan fingerprint density at radius 1 is 1.33 bits per heavy atom. The van der Waals surface area contributed by atoms with Gasteiger partial charge < -0.3 is 16.2 Å². The number of hydrogen-bond acceptors (Lipinski definition) is 7. The van der Waals surface area contributed by atoms with Gasteiger partial charge in [-0.25, -0.2) is 0 Å². The summed E-state index contributed by atoms with van der Waals surface area (Å²) in [5, 5.41) is 33.1. The molecule has 0 bridgehead atoms. The summed E-state index contributed by atoms with van der Waals surface area (Å²) >= 11 is 0. The molecule has 0 aliphatic rings. The molecule has 1 aromatic carbocycles. The first-order valence-corrected chi connectivity index (χ1v) is 4.97. The molecule has 0 saturated carbocycles. The maximum absolute atomic E-state index is 10.8. The topological polar surface area (TPSA) is 145 Å². The average molecular weight is 256 g/mol. The number of nitrogens with one attached hydrogen (secondary N) is 1. The Balaban J connectivity index is 3.20. The van der Waals surface area contributed by atoms with Gasteiger partial charge in [0.05, 0.1) is 22.0 Å². The standard InChI is InChI=1S/C9H12N4O5/c1-5(14)4-11-7-2-6(10)8(12(15)16)3-9(7)13(17)18/h2-3,5,11,14H,4,10H2,1H3/t5-/m0/s1. The molecule has 0 fully saturated rings. The van der Waals surface area contributed by atoms with Crippen molar-refractivity contribution in [2.75, 3.05) is 17.6 Å². The number of aliphatic hydroxyl groups is 1. The predicted octanol–water partition coefficient (Wildman–Crippen LogP) is 0.878. The minimum Gasteiger partial charge on any atom is -0.393 e. The first-order valence-electron chi connectivity index (χ1n) is 4.97. The molecule has 0 aromatic heterocycles. The molecule has 0 aliphatic carbocycles. The lowest BCUT2D eigenvalue weighted by Crippen LogP contribution is -2.16. The Labute approximate surface area is 102 Å². The Morgan fingerprint density at radius 2 is 1.89 bits per heavy atom. The SMILES string of the molecule is C[C@H](O)CNc1cc(N)c([N+](=O)[O-])cc1[N+](=O)[O-]. The lowest BCUT2D eigenvalue weighted by molar-refractivity contribution is -0.393. The highest BCUT2D eigenvalue weighted by Gasteiger charge is 2.23. The summed E-state index contributed by atoms with van der Waals surface area (Å²) < 4.78 is 0. The van der Waals surface area contributed by atoms with Gasteiger partial charge in [-0.1, -0.05) is 0 Å². The van der Waals surface area contributed by atoms with Crippen LogP contribution in [0.4, 0.5) is 22.7 Å². The first kappa shape index (κ1) is 13.6. The second-order valence-corrected chi connectivity index (χ2v) is 3.67. The Bertz CT molecular complexity index is 488. The van der Waals surface area contributed by atoms with Crippen LogP contribution in [0.2, 0.25) is 0 Å². The lowest BCUT2D eigenvalue weighted by Gasteiger charge is -2.09. The number of nitro benzene ring substituents is 2. The van der Waals surface area contributed by atoms with Crippen LogP contribution < -0.4 is 11.1 Å². The van der Waals surface area contributed by atoms with Crippen LogP contribution in [0.15, 0.2) is 12.1 Å². The highest BCUT2D eigenvalue weighted by Crippen LogP contribution is 2.34. The monoisotopic (exact) mass is 256 g/mol. The van der Waals surface area contributed by atoms with Gasteiger partial charge in [-0.2, -0.15) is 0 Å². The van der Waals surface area contributed by atoms with Crippen LogP contribution in [0.1, 0.15) is 6.92 Å². The van der Waals surface area contributed by atoms with Crippen LogP contribution in [0, 0.1) is 20.2 Å². The number of nitro groups is 2. The van der Waals surface area contributed by atoms with E-state index in [1.54, 1.807) is 0 Å². The fraction of sp³-hybridized carbons (Fsp3) is 0.333. The number of anilines is 2. The molecule has 0 radical (unpaired) electrons. The predicted molar refractivity (Wildman–Crippen MR) is 64.3 cm³/mol. The van der Waals surface area contributed by atoms with Gasteiger partial charge in [0.15, 0.2) is 0 Å². The van der Waals surface area contributed by atoms with E-state index >= 15 is 0 Å². The molecule has 9 heteroatoms. The molecule has 0 amide bonds. The van der Waals surface area contributed by atoms with E-state index in [0.717, 1.165) is 12.1 Å². The highest BCUT2D eigenvalue weighted by molar-refractivity contribution is 5.75. The molecule has 0 saturated heterocycles. The van der Waals surface area contributed by atoms with Crippen LogP contribution in [-0.2, 0) is 0 Å². The third-order valence-corrected chi connectivity index (χ3v) is 2.13. The van der Waals surface area contributed by atoms with Gasteiger partial charge in [0, 0.05) is 6.54 Å². The minimum absolute atomic E-state index is 0.0315. The number of nitrogen functional groups attached to an aromatic ring is 1. The summed E-state index contributed by atoms with van der Waals surface area (Å²) in [5.41, 5.74) is 4.30. The maximum atomic E-state index is 10.8. The van der Waals surface area contributed by atoms with Gasteiger partial charge in [0.2, 0.25) is 0 Å². The Kier molecular flexibility index (Phi) is 4.00. The van der Waals surface area contributed by atoms with E-state index in [1.165, 1.54) is 6.92 Å². The largest absolute Gasteiger partial charge is 0.393 e. The number of benzene rings is 1. The Hall–Kier alpha value is -2.42. The van der Waals surface area contributed by atoms with Gasteiger partial charge in [-0.05, 0) is 13.0 Å². The quantitative estimate of drug-likeness (QED) is 0.402. The second kappa shape index (κ2) is 5.27. The van der Waals surface area contributed by atoms with E-state index in [-0.39, 0.29) is 17.9 Å². The number of nitrogens with two attached hydrogens (primary N) is 1. The Morgan fingerprint density at radius 3 is 2.33 bits per heavy atom. The van der Waals surface area contributed by atoms with Crippen molar-refractivity contribution in [3.05, 3.63) is 32.4 Å². The molecule has 1 aromatic rings. The molecule has 0 unspecified atom stereocenters. The zero-order valence-electron chi connectivity index (χ0n) is 9.49. The highest BCUT2D eigenvalue weighted by atomic mass is 16.6. The van der Waals surface area contributed by atoms with E-state index in [1.807, 2.05) is 0 Å². The molecule has 18 heavy (non-hydrogen) atoms. The third-order valence-electron chi connectivity index (χ3n) is 2.13. The van der Waals surface area contributed by atoms with E-state index < -0.39 is 27.3 Å². The smallest absolute Gasteiger partial charge is 0.299 e. The van der Waals surface area contributed by atoms with Crippen LogP contribution in [0.25, 0.3) is 0 Å². The third kappa shape index (κ3) is 3.04. The first-order chi connectivity index (χ1) is 8.32. The van der Waals surface area contributed by atoms with Crippen molar-refractivity contribution in [3.63, 3.8) is 0 Å². The summed E-state index contributed by atoms with van der Waals surface area (Å²) in [6.07, 6.45) is -0.721. The maximum Gasteiger partial charge on any atom is 0.299 e. The van der Waals surface area contributed by atoms with E-state index in [4.69, 9.17) is 10.8 Å². The molecule has 1 rings (SSSR count). The zero-order valence-corrected chi connectivity index (χ0v) is 9.49. The van der Waals surface area contributed by atoms with Crippen molar-refractivity contribution >= 4 is 22.7 Å². The lowest BCUT2D eigenvalue weighted by atomic mass is 10.2. The van der Waals surface area contributed by atoms with Crippen molar-refractivity contribution in [1.82, 2.24) is 0 Å². The van der Waals surface area contributed by atoms with Crippen molar-refractivity contribution in [3.8, 4) is 0 Å². The number of aliphatic hydroxyl groups excluding tert-OH is 1. The van der Waals surface area contributed by atoms with E-state index in [0.29, 0.717) is 0 Å².